The number of rotatable bonds is 4. The largest absolute Gasteiger partial charge is 0.480 e. The molecule has 0 aliphatic carbocycles. The van der Waals surface area contributed by atoms with Crippen molar-refractivity contribution < 1.29 is 24.2 Å². The van der Waals surface area contributed by atoms with Crippen molar-refractivity contribution in [2.45, 2.75) is 6.04 Å². The van der Waals surface area contributed by atoms with E-state index in [0.717, 1.165) is 0 Å². The molecule has 0 aromatic rings. The summed E-state index contributed by atoms with van der Waals surface area (Å²) in [5.74, 6) is -0.321. The summed E-state index contributed by atoms with van der Waals surface area (Å²) in [5.41, 5.74) is 4.73. The van der Waals surface area contributed by atoms with Gasteiger partial charge in [0.05, 0.1) is 12.4 Å². The Morgan fingerprint density at radius 1 is 1.53 bits per heavy atom. The van der Waals surface area contributed by atoms with E-state index in [2.05, 4.69) is 10.1 Å². The lowest BCUT2D eigenvalue weighted by molar-refractivity contribution is -0.140. The highest BCUT2D eigenvalue weighted by Crippen LogP contribution is 2.20. The first kappa shape index (κ1) is 13.4. The van der Waals surface area contributed by atoms with Gasteiger partial charge in [0.1, 0.15) is 12.6 Å². The number of carboxylic acid groups (broad SMARTS) is 1. The van der Waals surface area contributed by atoms with Crippen LogP contribution in [-0.4, -0.2) is 58.9 Å². The van der Waals surface area contributed by atoms with Crippen LogP contribution in [0.25, 0.3) is 0 Å². The molecule has 1 saturated heterocycles. The lowest BCUT2D eigenvalue weighted by Gasteiger charge is -2.20. The molecule has 9 heteroatoms. The summed E-state index contributed by atoms with van der Waals surface area (Å²) in [6, 6.07) is -1.30. The van der Waals surface area contributed by atoms with Crippen LogP contribution in [0.1, 0.15) is 0 Å². The van der Waals surface area contributed by atoms with Crippen molar-refractivity contribution in [2.24, 2.45) is 5.73 Å². The number of aliphatic carboxylic acids is 1. The Labute approximate surface area is 101 Å². The quantitative estimate of drug-likeness (QED) is 0.574. The molecule has 4 N–H and O–H groups in total. The number of thioether (sulfide) groups is 1. The standard InChI is InChI=1S/C8H13N3O5S/c9-7(14)16-2-1-10-8(15)11-4-17-3-5(11)6(12)13/h5H,1-4H2,(H2,9,14)(H,10,15)(H,12,13). The Bertz CT molecular complexity index is 324. The average Bonchev–Trinajstić information content (AvgIpc) is 2.72. The highest BCUT2D eigenvalue weighted by Gasteiger charge is 2.34. The van der Waals surface area contributed by atoms with Gasteiger partial charge in [0.2, 0.25) is 0 Å². The second-order valence-corrected chi connectivity index (χ2v) is 4.22. The zero-order valence-electron chi connectivity index (χ0n) is 8.92. The number of primary amides is 1. The molecular formula is C8H13N3O5S. The van der Waals surface area contributed by atoms with Crippen molar-refractivity contribution in [1.82, 2.24) is 10.2 Å². The van der Waals surface area contributed by atoms with Crippen LogP contribution in [0.15, 0.2) is 0 Å². The Morgan fingerprint density at radius 3 is 2.82 bits per heavy atom. The fourth-order valence-electron chi connectivity index (χ4n) is 1.26. The average molecular weight is 263 g/mol. The number of nitrogens with two attached hydrogens (primary N) is 1. The van der Waals surface area contributed by atoms with Gasteiger partial charge in [-0.15, -0.1) is 11.8 Å². The van der Waals surface area contributed by atoms with Crippen molar-refractivity contribution in [2.75, 3.05) is 24.8 Å². The van der Waals surface area contributed by atoms with Crippen LogP contribution in [0.4, 0.5) is 9.59 Å². The van der Waals surface area contributed by atoms with Crippen LogP contribution >= 0.6 is 11.8 Å². The van der Waals surface area contributed by atoms with E-state index in [4.69, 9.17) is 10.8 Å². The van der Waals surface area contributed by atoms with Gasteiger partial charge in [-0.2, -0.15) is 0 Å². The molecule has 0 radical (unpaired) electrons. The van der Waals surface area contributed by atoms with E-state index >= 15 is 0 Å². The number of carbonyl (C=O) groups is 3. The summed E-state index contributed by atoms with van der Waals surface area (Å²) in [5, 5.41) is 11.3. The predicted molar refractivity (Wildman–Crippen MR) is 59.5 cm³/mol. The first-order valence-electron chi connectivity index (χ1n) is 4.79. The van der Waals surface area contributed by atoms with E-state index in [9.17, 15) is 14.4 Å². The summed E-state index contributed by atoms with van der Waals surface area (Å²) < 4.78 is 4.41. The summed E-state index contributed by atoms with van der Waals surface area (Å²) in [6.07, 6.45) is -0.917. The fourth-order valence-corrected chi connectivity index (χ4v) is 2.40. The van der Waals surface area contributed by atoms with Gasteiger partial charge in [0.15, 0.2) is 0 Å². The molecule has 0 aromatic carbocycles. The molecule has 1 unspecified atom stereocenters. The Hall–Kier alpha value is -1.64. The molecule has 1 atom stereocenters. The van der Waals surface area contributed by atoms with Crippen LogP contribution in [0.5, 0.6) is 0 Å². The minimum atomic E-state index is -1.03. The molecule has 8 nitrogen and oxygen atoms in total. The summed E-state index contributed by atoms with van der Waals surface area (Å²) in [4.78, 5) is 33.8. The van der Waals surface area contributed by atoms with E-state index in [1.54, 1.807) is 0 Å². The lowest BCUT2D eigenvalue weighted by Crippen LogP contribution is -2.47. The number of nitrogens with one attached hydrogen (secondary N) is 1. The minimum absolute atomic E-state index is 0.0419. The molecule has 1 fully saturated rings. The molecule has 0 bridgehead atoms. The minimum Gasteiger partial charge on any atom is -0.480 e. The highest BCUT2D eigenvalue weighted by atomic mass is 32.2. The number of hydrogen-bond donors (Lipinski definition) is 3. The molecule has 17 heavy (non-hydrogen) atoms. The third kappa shape index (κ3) is 4.02. The molecule has 0 aromatic heterocycles. The van der Waals surface area contributed by atoms with E-state index in [1.807, 2.05) is 0 Å². The van der Waals surface area contributed by atoms with Crippen LogP contribution in [-0.2, 0) is 9.53 Å². The Kier molecular flexibility index (Phi) is 4.88. The van der Waals surface area contributed by atoms with Gasteiger partial charge >= 0.3 is 18.1 Å². The number of ether oxygens (including phenoxy) is 1. The zero-order chi connectivity index (χ0) is 12.8. The van der Waals surface area contributed by atoms with Crippen LogP contribution < -0.4 is 11.1 Å². The third-order valence-electron chi connectivity index (χ3n) is 2.05. The molecule has 0 spiro atoms. The topological polar surface area (TPSA) is 122 Å². The number of hydrogen-bond acceptors (Lipinski definition) is 5. The number of amides is 3. The van der Waals surface area contributed by atoms with E-state index < -0.39 is 24.1 Å². The molecule has 96 valence electrons. The van der Waals surface area contributed by atoms with Crippen LogP contribution in [0, 0.1) is 0 Å². The maximum atomic E-state index is 11.6. The zero-order valence-corrected chi connectivity index (χ0v) is 9.74. The van der Waals surface area contributed by atoms with Gasteiger partial charge < -0.3 is 25.8 Å². The molecule has 0 saturated carbocycles. The second kappa shape index (κ2) is 6.18. The smallest absolute Gasteiger partial charge is 0.404 e. The van der Waals surface area contributed by atoms with Gasteiger partial charge in [0, 0.05) is 5.75 Å². The molecule has 3 amide bonds. The lowest BCUT2D eigenvalue weighted by atomic mass is 10.3. The van der Waals surface area contributed by atoms with E-state index in [1.165, 1.54) is 16.7 Å². The molecule has 1 aliphatic rings. The summed E-state index contributed by atoms with van der Waals surface area (Å²) in [7, 11) is 0. The van der Waals surface area contributed by atoms with E-state index in [0.29, 0.717) is 11.6 Å². The Balaban J connectivity index is 2.32. The molecule has 1 rings (SSSR count). The predicted octanol–water partition coefficient (Wildman–Crippen LogP) is -0.749. The monoisotopic (exact) mass is 263 g/mol. The first-order valence-corrected chi connectivity index (χ1v) is 5.95. The Morgan fingerprint density at radius 2 is 2.24 bits per heavy atom. The maximum Gasteiger partial charge on any atom is 0.404 e. The number of nitrogens with zero attached hydrogens (tertiary/aromatic N) is 1. The maximum absolute atomic E-state index is 11.6. The molecule has 1 heterocycles. The van der Waals surface area contributed by atoms with Gasteiger partial charge in [-0.3, -0.25) is 0 Å². The van der Waals surface area contributed by atoms with Crippen molar-refractivity contribution in [3.8, 4) is 0 Å². The summed E-state index contributed by atoms with van der Waals surface area (Å²) >= 11 is 1.37. The fraction of sp³-hybridized carbons (Fsp3) is 0.625. The first-order chi connectivity index (χ1) is 8.02. The molecular weight excluding hydrogens is 250 g/mol. The van der Waals surface area contributed by atoms with Gasteiger partial charge in [-0.25, -0.2) is 14.4 Å². The van der Waals surface area contributed by atoms with Crippen molar-refractivity contribution >= 4 is 29.9 Å². The van der Waals surface area contributed by atoms with E-state index in [-0.39, 0.29) is 13.2 Å². The third-order valence-corrected chi connectivity index (χ3v) is 3.06. The van der Waals surface area contributed by atoms with Crippen molar-refractivity contribution in [3.05, 3.63) is 0 Å². The number of urea groups is 1. The SMILES string of the molecule is NC(=O)OCCNC(=O)N1CSCC1C(=O)O. The van der Waals surface area contributed by atoms with Crippen LogP contribution in [0.2, 0.25) is 0 Å². The normalized spacial score (nSPS) is 18.8. The second-order valence-electron chi connectivity index (χ2n) is 3.22. The van der Waals surface area contributed by atoms with Crippen molar-refractivity contribution in [1.29, 1.82) is 0 Å². The van der Waals surface area contributed by atoms with Gasteiger partial charge in [-0.1, -0.05) is 0 Å². The number of carboxylic acids is 1. The van der Waals surface area contributed by atoms with Gasteiger partial charge in [0.25, 0.3) is 0 Å². The van der Waals surface area contributed by atoms with Crippen LogP contribution in [0.3, 0.4) is 0 Å². The molecule has 1 aliphatic heterocycles. The van der Waals surface area contributed by atoms with Crippen molar-refractivity contribution in [3.63, 3.8) is 0 Å². The summed E-state index contributed by atoms with van der Waals surface area (Å²) in [6.45, 7) is 0.0507. The number of carbonyl (C=O) groups excluding carboxylic acids is 2. The highest BCUT2D eigenvalue weighted by molar-refractivity contribution is 7.99. The van der Waals surface area contributed by atoms with Gasteiger partial charge in [-0.05, 0) is 0 Å².